The quantitative estimate of drug-likeness (QED) is 0.768. The van der Waals surface area contributed by atoms with Crippen molar-refractivity contribution in [1.29, 1.82) is 0 Å². The Morgan fingerprint density at radius 2 is 1.35 bits per heavy atom. The van der Waals surface area contributed by atoms with Crippen LogP contribution < -0.4 is 5.73 Å². The zero-order chi connectivity index (χ0) is 15.2. The van der Waals surface area contributed by atoms with E-state index >= 15 is 0 Å². The fourth-order valence-electron chi connectivity index (χ4n) is 2.77. The Balaban J connectivity index is 2.63. The minimum Gasteiger partial charge on any atom is -0.320 e. The molecule has 1 aromatic carbocycles. The summed E-state index contributed by atoms with van der Waals surface area (Å²) < 4.78 is 1.18. The van der Waals surface area contributed by atoms with Crippen molar-refractivity contribution in [2.24, 2.45) is 5.73 Å². The van der Waals surface area contributed by atoms with Crippen LogP contribution in [-0.4, -0.2) is 0 Å². The third kappa shape index (κ3) is 2.47. The van der Waals surface area contributed by atoms with E-state index in [-0.39, 0.29) is 6.04 Å². The number of hydrogen-bond donors (Lipinski definition) is 1. The highest BCUT2D eigenvalue weighted by Crippen LogP contribution is 2.37. The molecule has 2 aromatic rings. The molecule has 108 valence electrons. The lowest BCUT2D eigenvalue weighted by Crippen LogP contribution is -2.16. The molecule has 0 aliphatic rings. The molecule has 2 N–H and O–H groups in total. The lowest BCUT2D eigenvalue weighted by Gasteiger charge is -2.22. The van der Waals surface area contributed by atoms with Crippen molar-refractivity contribution in [3.63, 3.8) is 0 Å². The summed E-state index contributed by atoms with van der Waals surface area (Å²) in [5.74, 6) is 0. The fraction of sp³-hybridized carbons (Fsp3) is 0.412. The highest BCUT2D eigenvalue weighted by Gasteiger charge is 2.20. The monoisotopic (exact) mass is 351 g/mol. The summed E-state index contributed by atoms with van der Waals surface area (Å²) in [6.45, 7) is 13.1. The number of thiophene rings is 1. The van der Waals surface area contributed by atoms with Crippen LogP contribution in [0.4, 0.5) is 0 Å². The second-order valence-corrected chi connectivity index (χ2v) is 8.02. The van der Waals surface area contributed by atoms with Gasteiger partial charge < -0.3 is 5.73 Å². The van der Waals surface area contributed by atoms with Gasteiger partial charge in [-0.2, -0.15) is 0 Å². The number of aryl methyl sites for hydroxylation is 1. The third-order valence-corrected chi connectivity index (χ3v) is 6.77. The minimum atomic E-state index is -0.0389. The topological polar surface area (TPSA) is 26.0 Å². The smallest absolute Gasteiger partial charge is 0.0731 e. The van der Waals surface area contributed by atoms with Gasteiger partial charge in [0, 0.05) is 4.88 Å². The van der Waals surface area contributed by atoms with Crippen molar-refractivity contribution in [1.82, 2.24) is 0 Å². The molecule has 0 bridgehead atoms. The van der Waals surface area contributed by atoms with Crippen molar-refractivity contribution >= 4 is 27.3 Å². The van der Waals surface area contributed by atoms with E-state index in [1.807, 2.05) is 0 Å². The predicted molar refractivity (Wildman–Crippen MR) is 92.9 cm³/mol. The zero-order valence-corrected chi connectivity index (χ0v) is 15.4. The lowest BCUT2D eigenvalue weighted by atomic mass is 9.86. The van der Waals surface area contributed by atoms with Crippen LogP contribution in [0.5, 0.6) is 0 Å². The van der Waals surface area contributed by atoms with Crippen LogP contribution in [0.3, 0.4) is 0 Å². The molecule has 1 heterocycles. The number of rotatable bonds is 2. The second kappa shape index (κ2) is 5.63. The molecule has 0 radical (unpaired) electrons. The Morgan fingerprint density at radius 1 is 0.900 bits per heavy atom. The maximum Gasteiger partial charge on any atom is 0.0731 e. The molecule has 1 unspecified atom stereocenters. The van der Waals surface area contributed by atoms with Gasteiger partial charge >= 0.3 is 0 Å². The van der Waals surface area contributed by atoms with Crippen LogP contribution in [-0.2, 0) is 0 Å². The molecule has 0 spiro atoms. The van der Waals surface area contributed by atoms with Crippen molar-refractivity contribution < 1.29 is 0 Å². The molecule has 0 saturated heterocycles. The molecular formula is C17H22BrNS. The molecule has 2 rings (SSSR count). The first-order valence-electron chi connectivity index (χ1n) is 6.84. The average Bonchev–Trinajstić information content (AvgIpc) is 2.74. The lowest BCUT2D eigenvalue weighted by molar-refractivity contribution is 0.860. The number of hydrogen-bond acceptors (Lipinski definition) is 2. The van der Waals surface area contributed by atoms with E-state index in [9.17, 15) is 0 Å². The summed E-state index contributed by atoms with van der Waals surface area (Å²) in [4.78, 5) is 1.23. The maximum absolute atomic E-state index is 6.58. The van der Waals surface area contributed by atoms with Crippen LogP contribution in [0.15, 0.2) is 9.85 Å². The maximum atomic E-state index is 6.58. The molecule has 1 aromatic heterocycles. The Morgan fingerprint density at radius 3 is 1.75 bits per heavy atom. The van der Waals surface area contributed by atoms with E-state index in [2.05, 4.69) is 63.5 Å². The minimum absolute atomic E-state index is 0.0389. The Bertz CT molecular complexity index is 622. The standard InChI is InChI=1S/C17H22BrNS/c1-8-7-14(20-17(8)18)16(19)15-12(5)10(3)9(2)11(4)13(15)6/h7,16H,19H2,1-6H3. The van der Waals surface area contributed by atoms with Crippen LogP contribution in [0, 0.1) is 41.5 Å². The molecule has 0 aliphatic carbocycles. The Hall–Kier alpha value is -0.640. The molecule has 3 heteroatoms. The van der Waals surface area contributed by atoms with Crippen LogP contribution in [0.25, 0.3) is 0 Å². The van der Waals surface area contributed by atoms with Gasteiger partial charge in [-0.1, -0.05) is 0 Å². The first-order chi connectivity index (χ1) is 9.25. The number of benzene rings is 1. The van der Waals surface area contributed by atoms with Gasteiger partial charge in [0.1, 0.15) is 0 Å². The number of nitrogens with two attached hydrogens (primary N) is 1. The van der Waals surface area contributed by atoms with Gasteiger partial charge in [-0.15, -0.1) is 11.3 Å². The summed E-state index contributed by atoms with van der Waals surface area (Å²) in [6.07, 6.45) is 0. The van der Waals surface area contributed by atoms with Gasteiger partial charge in [0.2, 0.25) is 0 Å². The largest absolute Gasteiger partial charge is 0.320 e. The SMILES string of the molecule is Cc1cc(C(N)c2c(C)c(C)c(C)c(C)c2C)sc1Br. The van der Waals surface area contributed by atoms with E-state index in [1.165, 1.54) is 47.6 Å². The zero-order valence-electron chi connectivity index (χ0n) is 13.0. The van der Waals surface area contributed by atoms with Crippen LogP contribution >= 0.6 is 27.3 Å². The molecule has 1 atom stereocenters. The van der Waals surface area contributed by atoms with Crippen molar-refractivity contribution in [2.75, 3.05) is 0 Å². The normalized spacial score (nSPS) is 12.8. The predicted octanol–water partition coefficient (Wildman–Crippen LogP) is 5.41. The molecule has 20 heavy (non-hydrogen) atoms. The van der Waals surface area contributed by atoms with E-state index in [1.54, 1.807) is 11.3 Å². The molecule has 0 saturated carbocycles. The third-order valence-electron chi connectivity index (χ3n) is 4.55. The van der Waals surface area contributed by atoms with Gasteiger partial charge in [-0.25, -0.2) is 0 Å². The van der Waals surface area contributed by atoms with Gasteiger partial charge in [0.15, 0.2) is 0 Å². The summed E-state index contributed by atoms with van der Waals surface area (Å²) >= 11 is 5.34. The van der Waals surface area contributed by atoms with E-state index < -0.39 is 0 Å². The summed E-state index contributed by atoms with van der Waals surface area (Å²) in [5, 5.41) is 0. The highest BCUT2D eigenvalue weighted by atomic mass is 79.9. The number of halogens is 1. The first kappa shape index (κ1) is 15.7. The summed E-state index contributed by atoms with van der Waals surface area (Å²) in [5.41, 5.74) is 15.9. The van der Waals surface area contributed by atoms with Gasteiger partial charge in [-0.05, 0) is 102 Å². The molecule has 0 fully saturated rings. The highest BCUT2D eigenvalue weighted by molar-refractivity contribution is 9.11. The van der Waals surface area contributed by atoms with Gasteiger partial charge in [0.05, 0.1) is 9.83 Å². The van der Waals surface area contributed by atoms with Gasteiger partial charge in [-0.3, -0.25) is 0 Å². The average molecular weight is 352 g/mol. The first-order valence-corrected chi connectivity index (χ1v) is 8.44. The summed E-state index contributed by atoms with van der Waals surface area (Å²) in [7, 11) is 0. The van der Waals surface area contributed by atoms with Gasteiger partial charge in [0.25, 0.3) is 0 Å². The fourth-order valence-corrected chi connectivity index (χ4v) is 4.36. The van der Waals surface area contributed by atoms with Crippen LogP contribution in [0.1, 0.15) is 49.9 Å². The van der Waals surface area contributed by atoms with E-state index in [0.717, 1.165) is 0 Å². The Kier molecular flexibility index (Phi) is 4.43. The van der Waals surface area contributed by atoms with Crippen molar-refractivity contribution in [3.05, 3.63) is 53.7 Å². The van der Waals surface area contributed by atoms with E-state index in [0.29, 0.717) is 0 Å². The van der Waals surface area contributed by atoms with E-state index in [4.69, 9.17) is 5.73 Å². The van der Waals surface area contributed by atoms with Crippen LogP contribution in [0.2, 0.25) is 0 Å². The van der Waals surface area contributed by atoms with Crippen molar-refractivity contribution in [2.45, 2.75) is 47.6 Å². The molecular weight excluding hydrogens is 330 g/mol. The molecule has 1 nitrogen and oxygen atoms in total. The second-order valence-electron chi connectivity index (χ2n) is 5.62. The molecule has 0 amide bonds. The van der Waals surface area contributed by atoms with Crippen molar-refractivity contribution in [3.8, 4) is 0 Å². The summed E-state index contributed by atoms with van der Waals surface area (Å²) in [6, 6.07) is 2.16. The molecule has 0 aliphatic heterocycles. The Labute approximate surface area is 134 Å².